The van der Waals surface area contributed by atoms with Crippen LogP contribution in [-0.4, -0.2) is 39.5 Å². The molecule has 0 aliphatic carbocycles. The summed E-state index contributed by atoms with van der Waals surface area (Å²) in [6.07, 6.45) is 3.35. The third-order valence-electron chi connectivity index (χ3n) is 3.41. The summed E-state index contributed by atoms with van der Waals surface area (Å²) < 4.78 is 22.7. The number of rotatable bonds is 3. The number of sulfone groups is 1. The van der Waals surface area contributed by atoms with E-state index in [9.17, 15) is 13.5 Å². The minimum absolute atomic E-state index is 0.220. The Hall–Kier alpha value is -1.07. The van der Waals surface area contributed by atoms with Gasteiger partial charge in [0.05, 0.1) is 4.90 Å². The van der Waals surface area contributed by atoms with Crippen molar-refractivity contribution in [1.29, 1.82) is 0 Å². The number of hydrogen-bond donors (Lipinski definition) is 1. The lowest BCUT2D eigenvalue weighted by Crippen LogP contribution is -2.36. The SMILES string of the molecule is CS(=O)(=O)c1ccc(N2CCC[C@H](CO)C2)cc1. The Morgan fingerprint density at radius 1 is 1.33 bits per heavy atom. The third kappa shape index (κ3) is 3.03. The fourth-order valence-electron chi connectivity index (χ4n) is 2.35. The topological polar surface area (TPSA) is 57.6 Å². The van der Waals surface area contributed by atoms with Crippen LogP contribution in [0.3, 0.4) is 0 Å². The second-order valence-electron chi connectivity index (χ2n) is 4.90. The molecule has 0 unspecified atom stereocenters. The van der Waals surface area contributed by atoms with E-state index in [0.29, 0.717) is 10.8 Å². The summed E-state index contributed by atoms with van der Waals surface area (Å²) in [5.41, 5.74) is 1.03. The maximum absolute atomic E-state index is 11.4. The van der Waals surface area contributed by atoms with Crippen LogP contribution < -0.4 is 4.90 Å². The largest absolute Gasteiger partial charge is 0.396 e. The first-order chi connectivity index (χ1) is 8.50. The van der Waals surface area contributed by atoms with Gasteiger partial charge in [0, 0.05) is 31.6 Å². The van der Waals surface area contributed by atoms with E-state index in [0.717, 1.165) is 31.6 Å². The van der Waals surface area contributed by atoms with Crippen molar-refractivity contribution in [3.63, 3.8) is 0 Å². The quantitative estimate of drug-likeness (QED) is 0.898. The molecule has 1 aromatic rings. The van der Waals surface area contributed by atoms with Crippen LogP contribution in [0.5, 0.6) is 0 Å². The first-order valence-corrected chi connectivity index (χ1v) is 8.06. The molecule has 2 rings (SSSR count). The molecule has 1 fully saturated rings. The maximum atomic E-state index is 11.4. The molecule has 1 atom stereocenters. The number of piperidine rings is 1. The minimum atomic E-state index is -3.12. The van der Waals surface area contributed by atoms with E-state index in [1.165, 1.54) is 6.26 Å². The van der Waals surface area contributed by atoms with Crippen LogP contribution in [0.25, 0.3) is 0 Å². The summed E-state index contributed by atoms with van der Waals surface area (Å²) in [6, 6.07) is 6.98. The molecule has 5 heteroatoms. The zero-order chi connectivity index (χ0) is 13.2. The number of aliphatic hydroxyl groups excluding tert-OH is 1. The number of nitrogens with zero attached hydrogens (tertiary/aromatic N) is 1. The highest BCUT2D eigenvalue weighted by Crippen LogP contribution is 2.24. The maximum Gasteiger partial charge on any atom is 0.175 e. The summed E-state index contributed by atoms with van der Waals surface area (Å²) in [5.74, 6) is 0.327. The molecule has 0 saturated carbocycles. The van der Waals surface area contributed by atoms with Crippen LogP contribution in [0.15, 0.2) is 29.2 Å². The minimum Gasteiger partial charge on any atom is -0.396 e. The van der Waals surface area contributed by atoms with Gasteiger partial charge in [0.1, 0.15) is 0 Å². The van der Waals surface area contributed by atoms with Crippen LogP contribution in [0.4, 0.5) is 5.69 Å². The Balaban J connectivity index is 2.14. The van der Waals surface area contributed by atoms with Crippen molar-refractivity contribution in [2.24, 2.45) is 5.92 Å². The zero-order valence-electron chi connectivity index (χ0n) is 10.5. The summed E-state index contributed by atoms with van der Waals surface area (Å²) >= 11 is 0. The second kappa shape index (κ2) is 5.28. The molecule has 1 saturated heterocycles. The van der Waals surface area contributed by atoms with Gasteiger partial charge in [-0.05, 0) is 43.0 Å². The number of anilines is 1. The molecule has 1 aromatic carbocycles. The highest BCUT2D eigenvalue weighted by Gasteiger charge is 2.19. The molecule has 1 N–H and O–H groups in total. The standard InChI is InChI=1S/C13H19NO3S/c1-18(16,17)13-6-4-12(5-7-13)14-8-2-3-11(9-14)10-15/h4-7,11,15H,2-3,8-10H2,1H3/t11-/m0/s1. The van der Waals surface area contributed by atoms with E-state index in [4.69, 9.17) is 0 Å². The Morgan fingerprint density at radius 2 is 2.00 bits per heavy atom. The van der Waals surface area contributed by atoms with Gasteiger partial charge >= 0.3 is 0 Å². The van der Waals surface area contributed by atoms with Gasteiger partial charge in [0.25, 0.3) is 0 Å². The Morgan fingerprint density at radius 3 is 2.56 bits per heavy atom. The Kier molecular flexibility index (Phi) is 3.92. The number of aliphatic hydroxyl groups is 1. The van der Waals surface area contributed by atoms with E-state index in [1.807, 2.05) is 12.1 Å². The monoisotopic (exact) mass is 269 g/mol. The molecule has 100 valence electrons. The summed E-state index contributed by atoms with van der Waals surface area (Å²) in [6.45, 7) is 2.03. The van der Waals surface area contributed by atoms with Crippen molar-refractivity contribution in [2.75, 3.05) is 30.9 Å². The van der Waals surface area contributed by atoms with Crippen LogP contribution in [-0.2, 0) is 9.84 Å². The summed E-state index contributed by atoms with van der Waals surface area (Å²) in [7, 11) is -3.12. The third-order valence-corrected chi connectivity index (χ3v) is 4.54. The Labute approximate surface area is 108 Å². The lowest BCUT2D eigenvalue weighted by Gasteiger charge is -2.33. The smallest absolute Gasteiger partial charge is 0.175 e. The predicted molar refractivity (Wildman–Crippen MR) is 71.6 cm³/mol. The fraction of sp³-hybridized carbons (Fsp3) is 0.538. The summed E-state index contributed by atoms with van der Waals surface area (Å²) in [5, 5.41) is 9.20. The number of hydrogen-bond acceptors (Lipinski definition) is 4. The molecular weight excluding hydrogens is 250 g/mol. The molecule has 4 nitrogen and oxygen atoms in total. The molecule has 0 spiro atoms. The first-order valence-electron chi connectivity index (χ1n) is 6.16. The Bertz CT molecular complexity index is 495. The molecule has 1 heterocycles. The van der Waals surface area contributed by atoms with Crippen molar-refractivity contribution in [3.8, 4) is 0 Å². The highest BCUT2D eigenvalue weighted by molar-refractivity contribution is 7.90. The van der Waals surface area contributed by atoms with Gasteiger partial charge < -0.3 is 10.0 Å². The molecule has 0 aromatic heterocycles. The van der Waals surface area contributed by atoms with Gasteiger partial charge in [0.15, 0.2) is 9.84 Å². The van der Waals surface area contributed by atoms with E-state index in [1.54, 1.807) is 12.1 Å². The van der Waals surface area contributed by atoms with Gasteiger partial charge in [0.2, 0.25) is 0 Å². The average Bonchev–Trinajstić information content (AvgIpc) is 2.38. The van der Waals surface area contributed by atoms with Crippen molar-refractivity contribution in [1.82, 2.24) is 0 Å². The molecule has 1 aliphatic heterocycles. The first kappa shape index (κ1) is 13.4. The molecule has 0 bridgehead atoms. The average molecular weight is 269 g/mol. The van der Waals surface area contributed by atoms with Gasteiger partial charge in [-0.2, -0.15) is 0 Å². The van der Waals surface area contributed by atoms with Gasteiger partial charge in [-0.1, -0.05) is 0 Å². The van der Waals surface area contributed by atoms with Crippen molar-refractivity contribution in [3.05, 3.63) is 24.3 Å². The normalized spacial score (nSPS) is 21.0. The van der Waals surface area contributed by atoms with E-state index in [-0.39, 0.29) is 6.61 Å². The molecular formula is C13H19NO3S. The lowest BCUT2D eigenvalue weighted by atomic mass is 9.98. The molecule has 18 heavy (non-hydrogen) atoms. The summed E-state index contributed by atoms with van der Waals surface area (Å²) in [4.78, 5) is 2.55. The van der Waals surface area contributed by atoms with Crippen LogP contribution in [0.2, 0.25) is 0 Å². The lowest BCUT2D eigenvalue weighted by molar-refractivity contribution is 0.209. The van der Waals surface area contributed by atoms with Crippen molar-refractivity contribution < 1.29 is 13.5 Å². The van der Waals surface area contributed by atoms with Crippen LogP contribution >= 0.6 is 0 Å². The zero-order valence-corrected chi connectivity index (χ0v) is 11.4. The van der Waals surface area contributed by atoms with Crippen LogP contribution in [0, 0.1) is 5.92 Å². The second-order valence-corrected chi connectivity index (χ2v) is 6.92. The fourth-order valence-corrected chi connectivity index (χ4v) is 2.98. The highest BCUT2D eigenvalue weighted by atomic mass is 32.2. The van der Waals surface area contributed by atoms with E-state index < -0.39 is 9.84 Å². The predicted octanol–water partition coefficient (Wildman–Crippen LogP) is 1.30. The van der Waals surface area contributed by atoms with Gasteiger partial charge in [-0.25, -0.2) is 8.42 Å². The van der Waals surface area contributed by atoms with Crippen LogP contribution in [0.1, 0.15) is 12.8 Å². The van der Waals surface area contributed by atoms with Gasteiger partial charge in [-0.3, -0.25) is 0 Å². The van der Waals surface area contributed by atoms with Gasteiger partial charge in [-0.15, -0.1) is 0 Å². The van der Waals surface area contributed by atoms with Crippen molar-refractivity contribution in [2.45, 2.75) is 17.7 Å². The van der Waals surface area contributed by atoms with E-state index in [2.05, 4.69) is 4.90 Å². The van der Waals surface area contributed by atoms with Crippen molar-refractivity contribution >= 4 is 15.5 Å². The molecule has 0 radical (unpaired) electrons. The van der Waals surface area contributed by atoms with E-state index >= 15 is 0 Å². The molecule has 1 aliphatic rings. The number of benzene rings is 1. The molecule has 0 amide bonds.